The molecule has 3 aromatic rings. The number of aryl methyl sites for hydroxylation is 2. The first-order valence-electron chi connectivity index (χ1n) is 7.96. The van der Waals surface area contributed by atoms with Gasteiger partial charge in [0.2, 0.25) is 11.8 Å². The van der Waals surface area contributed by atoms with Crippen LogP contribution in [0.2, 0.25) is 0 Å². The molecule has 25 heavy (non-hydrogen) atoms. The topological polar surface area (TPSA) is 68.0 Å². The van der Waals surface area contributed by atoms with Crippen LogP contribution in [0.1, 0.15) is 18.1 Å². The summed E-state index contributed by atoms with van der Waals surface area (Å²) in [6, 6.07) is 15.4. The van der Waals surface area contributed by atoms with Gasteiger partial charge < -0.3 is 9.73 Å². The van der Waals surface area contributed by atoms with Crippen molar-refractivity contribution in [3.05, 3.63) is 59.7 Å². The second-order valence-electron chi connectivity index (χ2n) is 5.86. The lowest BCUT2D eigenvalue weighted by molar-refractivity contribution is -0.115. The number of thioether (sulfide) groups is 1. The van der Waals surface area contributed by atoms with Crippen molar-refractivity contribution in [3.8, 4) is 11.5 Å². The van der Waals surface area contributed by atoms with Gasteiger partial charge >= 0.3 is 0 Å². The van der Waals surface area contributed by atoms with Crippen molar-refractivity contribution in [2.75, 3.05) is 5.32 Å². The summed E-state index contributed by atoms with van der Waals surface area (Å²) in [5.41, 5.74) is 3.93. The number of benzene rings is 2. The highest BCUT2D eigenvalue weighted by atomic mass is 32.2. The average Bonchev–Trinajstić information content (AvgIpc) is 3.03. The predicted molar refractivity (Wildman–Crippen MR) is 99.6 cm³/mol. The van der Waals surface area contributed by atoms with Crippen molar-refractivity contribution in [2.24, 2.45) is 0 Å². The maximum Gasteiger partial charge on any atom is 0.277 e. The van der Waals surface area contributed by atoms with Crippen LogP contribution >= 0.6 is 11.8 Å². The van der Waals surface area contributed by atoms with Crippen molar-refractivity contribution in [2.45, 2.75) is 31.2 Å². The molecule has 1 heterocycles. The minimum absolute atomic E-state index is 0.109. The molecular formula is C19H19N3O2S. The third-order valence-corrected chi connectivity index (χ3v) is 4.50. The van der Waals surface area contributed by atoms with Crippen LogP contribution in [-0.4, -0.2) is 21.4 Å². The molecule has 0 aliphatic rings. The lowest BCUT2D eigenvalue weighted by atomic mass is 10.1. The van der Waals surface area contributed by atoms with E-state index >= 15 is 0 Å². The van der Waals surface area contributed by atoms with Crippen molar-refractivity contribution < 1.29 is 9.21 Å². The summed E-state index contributed by atoms with van der Waals surface area (Å²) in [6.45, 7) is 5.86. The Bertz CT molecular complexity index is 857. The van der Waals surface area contributed by atoms with Gasteiger partial charge in [0, 0.05) is 11.3 Å². The van der Waals surface area contributed by atoms with Crippen LogP contribution in [0.25, 0.3) is 11.5 Å². The van der Waals surface area contributed by atoms with Crippen LogP contribution in [-0.2, 0) is 4.79 Å². The van der Waals surface area contributed by atoms with E-state index in [9.17, 15) is 4.79 Å². The Morgan fingerprint density at radius 3 is 2.44 bits per heavy atom. The number of para-hydroxylation sites is 1. The van der Waals surface area contributed by atoms with Crippen molar-refractivity contribution >= 4 is 23.4 Å². The number of aromatic nitrogens is 2. The van der Waals surface area contributed by atoms with E-state index in [0.717, 1.165) is 22.4 Å². The maximum atomic E-state index is 12.3. The second-order valence-corrected chi connectivity index (χ2v) is 7.16. The molecule has 6 heteroatoms. The second kappa shape index (κ2) is 7.53. The van der Waals surface area contributed by atoms with E-state index in [1.807, 2.05) is 63.2 Å². The van der Waals surface area contributed by atoms with E-state index in [-0.39, 0.29) is 11.2 Å². The zero-order valence-electron chi connectivity index (χ0n) is 14.3. The lowest BCUT2D eigenvalue weighted by Crippen LogP contribution is -2.22. The summed E-state index contributed by atoms with van der Waals surface area (Å²) >= 11 is 1.24. The summed E-state index contributed by atoms with van der Waals surface area (Å²) in [5, 5.41) is 11.0. The van der Waals surface area contributed by atoms with Crippen LogP contribution in [0.3, 0.4) is 0 Å². The fourth-order valence-electron chi connectivity index (χ4n) is 2.44. The van der Waals surface area contributed by atoms with Gasteiger partial charge in [-0.25, -0.2) is 0 Å². The maximum absolute atomic E-state index is 12.3. The molecule has 1 amide bonds. The fraction of sp³-hybridized carbons (Fsp3) is 0.211. The summed E-state index contributed by atoms with van der Waals surface area (Å²) in [6.07, 6.45) is 0. The minimum Gasteiger partial charge on any atom is -0.411 e. The Labute approximate surface area is 150 Å². The van der Waals surface area contributed by atoms with E-state index in [2.05, 4.69) is 21.6 Å². The highest BCUT2D eigenvalue weighted by Crippen LogP contribution is 2.27. The molecular weight excluding hydrogens is 334 g/mol. The molecule has 1 atom stereocenters. The number of anilines is 1. The minimum atomic E-state index is -0.354. The summed E-state index contributed by atoms with van der Waals surface area (Å²) in [5.74, 6) is 0.354. The first-order chi connectivity index (χ1) is 12.0. The predicted octanol–water partition coefficient (Wildman–Crippen LogP) is 4.47. The lowest BCUT2D eigenvalue weighted by Gasteiger charge is -2.09. The number of nitrogens with zero attached hydrogens (tertiary/aromatic N) is 2. The van der Waals surface area contributed by atoms with Crippen LogP contribution in [0, 0.1) is 13.8 Å². The Morgan fingerprint density at radius 2 is 1.76 bits per heavy atom. The van der Waals surface area contributed by atoms with Crippen LogP contribution in [0.15, 0.2) is 58.2 Å². The fourth-order valence-corrected chi connectivity index (χ4v) is 3.13. The molecule has 5 nitrogen and oxygen atoms in total. The largest absolute Gasteiger partial charge is 0.411 e. The molecule has 128 valence electrons. The number of rotatable bonds is 5. The molecule has 0 unspecified atom stereocenters. The van der Waals surface area contributed by atoms with E-state index in [0.29, 0.717) is 11.1 Å². The van der Waals surface area contributed by atoms with Gasteiger partial charge in [-0.2, -0.15) is 0 Å². The van der Waals surface area contributed by atoms with Gasteiger partial charge in [-0.3, -0.25) is 4.79 Å². The number of carbonyl (C=O) groups is 1. The smallest absolute Gasteiger partial charge is 0.277 e. The van der Waals surface area contributed by atoms with Crippen molar-refractivity contribution in [3.63, 3.8) is 0 Å². The van der Waals surface area contributed by atoms with Crippen molar-refractivity contribution in [1.29, 1.82) is 0 Å². The quantitative estimate of drug-likeness (QED) is 0.685. The van der Waals surface area contributed by atoms with E-state index < -0.39 is 0 Å². The van der Waals surface area contributed by atoms with Gasteiger partial charge in [-0.15, -0.1) is 10.2 Å². The van der Waals surface area contributed by atoms with Crippen LogP contribution < -0.4 is 5.32 Å². The molecule has 0 radical (unpaired) electrons. The van der Waals surface area contributed by atoms with Gasteiger partial charge in [0.25, 0.3) is 5.22 Å². The number of carbonyl (C=O) groups excluding carboxylic acids is 1. The van der Waals surface area contributed by atoms with E-state index in [1.54, 1.807) is 0 Å². The third kappa shape index (κ3) is 4.48. The summed E-state index contributed by atoms with van der Waals surface area (Å²) < 4.78 is 5.71. The normalized spacial score (nSPS) is 12.0. The Kier molecular flexibility index (Phi) is 5.19. The summed E-state index contributed by atoms with van der Waals surface area (Å²) in [4.78, 5) is 12.3. The van der Waals surface area contributed by atoms with Gasteiger partial charge in [-0.05, 0) is 45.0 Å². The molecule has 2 aromatic carbocycles. The highest BCUT2D eigenvalue weighted by molar-refractivity contribution is 8.00. The SMILES string of the molecule is Cc1cc(C)cc(-c2nnc(S[C@H](C)C(=O)Nc3ccccc3)o2)c1. The molecule has 0 fully saturated rings. The Morgan fingerprint density at radius 1 is 1.08 bits per heavy atom. The number of nitrogens with one attached hydrogen (secondary N) is 1. The highest BCUT2D eigenvalue weighted by Gasteiger charge is 2.19. The molecule has 0 aliphatic carbocycles. The van der Waals surface area contributed by atoms with Crippen LogP contribution in [0.4, 0.5) is 5.69 Å². The first kappa shape index (κ1) is 17.2. The molecule has 0 saturated carbocycles. The van der Waals surface area contributed by atoms with Crippen LogP contribution in [0.5, 0.6) is 0 Å². The van der Waals surface area contributed by atoms with Gasteiger partial charge in [-0.1, -0.05) is 47.2 Å². The van der Waals surface area contributed by atoms with E-state index in [4.69, 9.17) is 4.42 Å². The van der Waals surface area contributed by atoms with Crippen molar-refractivity contribution in [1.82, 2.24) is 10.2 Å². The van der Waals surface area contributed by atoms with E-state index in [1.165, 1.54) is 11.8 Å². The number of hydrogen-bond acceptors (Lipinski definition) is 5. The third-order valence-electron chi connectivity index (χ3n) is 3.56. The molecule has 1 N–H and O–H groups in total. The first-order valence-corrected chi connectivity index (χ1v) is 8.84. The molecule has 0 bridgehead atoms. The average molecular weight is 353 g/mol. The Balaban J connectivity index is 1.67. The van der Waals surface area contributed by atoms with Gasteiger partial charge in [0.05, 0.1) is 5.25 Å². The number of hydrogen-bond donors (Lipinski definition) is 1. The molecule has 0 saturated heterocycles. The molecule has 0 spiro atoms. The Hall–Kier alpha value is -2.60. The molecule has 0 aliphatic heterocycles. The van der Waals surface area contributed by atoms with Gasteiger partial charge in [0.1, 0.15) is 0 Å². The molecule has 1 aromatic heterocycles. The summed E-state index contributed by atoms with van der Waals surface area (Å²) in [7, 11) is 0. The van der Waals surface area contributed by atoms with Gasteiger partial charge in [0.15, 0.2) is 0 Å². The standard InChI is InChI=1S/C19H19N3O2S/c1-12-9-13(2)11-15(10-12)18-21-22-19(24-18)25-14(3)17(23)20-16-7-5-4-6-8-16/h4-11,14H,1-3H3,(H,20,23)/t14-/m1/s1. The molecule has 3 rings (SSSR count). The zero-order valence-corrected chi connectivity index (χ0v) is 15.1. The monoisotopic (exact) mass is 353 g/mol. The number of amides is 1. The zero-order chi connectivity index (χ0) is 17.8.